The first-order valence-corrected chi connectivity index (χ1v) is 10.9. The van der Waals surface area contributed by atoms with Crippen LogP contribution in [0.3, 0.4) is 0 Å². The van der Waals surface area contributed by atoms with Crippen LogP contribution in [0.5, 0.6) is 0 Å². The minimum absolute atomic E-state index is 0.0488. The van der Waals surface area contributed by atoms with E-state index >= 15 is 0 Å². The van der Waals surface area contributed by atoms with Gasteiger partial charge in [-0.3, -0.25) is 4.79 Å². The van der Waals surface area contributed by atoms with E-state index in [1.165, 1.54) is 32.3 Å². The number of fused-ring (bicyclic) bond motifs is 1. The maximum atomic E-state index is 13.2. The standard InChI is InChI=1S/C18H19ClN2O3S2/c1-20(2)26(23,24)13-8-9-15(19)14(12-13)18(22)21-10-5-11-25-17-7-4-3-6-16(17)21/h3-4,6-9,12H,5,10-11H2,1-2H3. The molecule has 1 aliphatic heterocycles. The highest BCUT2D eigenvalue weighted by molar-refractivity contribution is 7.99. The second-order valence-corrected chi connectivity index (χ2v) is 9.75. The Morgan fingerprint density at radius 3 is 2.65 bits per heavy atom. The van der Waals surface area contributed by atoms with E-state index in [0.29, 0.717) is 6.54 Å². The van der Waals surface area contributed by atoms with Gasteiger partial charge in [-0.05, 0) is 42.5 Å². The third-order valence-electron chi connectivity index (χ3n) is 4.13. The van der Waals surface area contributed by atoms with Crippen molar-refractivity contribution in [3.8, 4) is 0 Å². The highest BCUT2D eigenvalue weighted by Crippen LogP contribution is 2.35. The lowest BCUT2D eigenvalue weighted by Crippen LogP contribution is -2.32. The maximum Gasteiger partial charge on any atom is 0.259 e. The molecule has 1 aliphatic rings. The molecular weight excluding hydrogens is 392 g/mol. The molecule has 5 nitrogen and oxygen atoms in total. The molecule has 2 aromatic carbocycles. The van der Waals surface area contributed by atoms with E-state index < -0.39 is 10.0 Å². The Bertz CT molecular complexity index is 945. The number of carbonyl (C=O) groups is 1. The molecule has 138 valence electrons. The summed E-state index contributed by atoms with van der Waals surface area (Å²) >= 11 is 7.96. The molecule has 1 amide bonds. The Morgan fingerprint density at radius 1 is 1.19 bits per heavy atom. The molecule has 0 spiro atoms. The Hall–Kier alpha value is -1.54. The molecule has 0 aromatic heterocycles. The van der Waals surface area contributed by atoms with Gasteiger partial charge >= 0.3 is 0 Å². The fraction of sp³-hybridized carbons (Fsp3) is 0.278. The van der Waals surface area contributed by atoms with Gasteiger partial charge in [-0.2, -0.15) is 0 Å². The van der Waals surface area contributed by atoms with Crippen molar-refractivity contribution in [2.75, 3.05) is 31.3 Å². The average molecular weight is 411 g/mol. The Kier molecular flexibility index (Phi) is 5.62. The number of amides is 1. The number of hydrogen-bond acceptors (Lipinski definition) is 4. The van der Waals surface area contributed by atoms with Crippen molar-refractivity contribution in [1.82, 2.24) is 4.31 Å². The molecule has 0 fully saturated rings. The van der Waals surface area contributed by atoms with Crippen LogP contribution in [0.1, 0.15) is 16.8 Å². The minimum Gasteiger partial charge on any atom is -0.307 e. The third-order valence-corrected chi connectivity index (χ3v) is 7.42. The van der Waals surface area contributed by atoms with Gasteiger partial charge in [0, 0.05) is 25.5 Å². The molecule has 0 saturated carbocycles. The van der Waals surface area contributed by atoms with Crippen molar-refractivity contribution in [3.63, 3.8) is 0 Å². The zero-order valence-corrected chi connectivity index (χ0v) is 16.9. The predicted octanol–water partition coefficient (Wildman–Crippen LogP) is 3.73. The molecule has 0 unspecified atom stereocenters. The first-order chi connectivity index (χ1) is 12.3. The summed E-state index contributed by atoms with van der Waals surface area (Å²) in [6.45, 7) is 0.559. The van der Waals surface area contributed by atoms with Gasteiger partial charge in [-0.15, -0.1) is 11.8 Å². The second kappa shape index (κ2) is 7.60. The third kappa shape index (κ3) is 3.62. The molecule has 8 heteroatoms. The van der Waals surface area contributed by atoms with Crippen LogP contribution in [0.15, 0.2) is 52.3 Å². The van der Waals surface area contributed by atoms with Crippen molar-refractivity contribution in [3.05, 3.63) is 53.1 Å². The second-order valence-electron chi connectivity index (χ2n) is 6.06. The summed E-state index contributed by atoms with van der Waals surface area (Å²) in [5.74, 6) is 0.629. The quantitative estimate of drug-likeness (QED) is 0.773. The van der Waals surface area contributed by atoms with Crippen LogP contribution in [-0.2, 0) is 10.0 Å². The summed E-state index contributed by atoms with van der Waals surface area (Å²) in [6.07, 6.45) is 0.846. The number of sulfonamides is 1. The maximum absolute atomic E-state index is 13.2. The summed E-state index contributed by atoms with van der Waals surface area (Å²) in [7, 11) is -0.744. The lowest BCUT2D eigenvalue weighted by molar-refractivity contribution is 0.0986. The van der Waals surface area contributed by atoms with Crippen LogP contribution in [0.4, 0.5) is 5.69 Å². The van der Waals surface area contributed by atoms with E-state index in [-0.39, 0.29) is 21.4 Å². The van der Waals surface area contributed by atoms with Crippen LogP contribution >= 0.6 is 23.4 Å². The molecule has 1 heterocycles. The van der Waals surface area contributed by atoms with E-state index in [9.17, 15) is 13.2 Å². The minimum atomic E-state index is -3.65. The van der Waals surface area contributed by atoms with Crippen LogP contribution in [-0.4, -0.2) is 45.0 Å². The number of anilines is 1. The predicted molar refractivity (Wildman–Crippen MR) is 106 cm³/mol. The number of rotatable bonds is 3. The van der Waals surface area contributed by atoms with E-state index in [2.05, 4.69) is 0 Å². The fourth-order valence-corrected chi connectivity index (χ4v) is 4.84. The summed E-state index contributed by atoms with van der Waals surface area (Å²) in [4.78, 5) is 16.0. The molecular formula is C18H19ClN2O3S2. The number of nitrogens with zero attached hydrogens (tertiary/aromatic N) is 2. The van der Waals surface area contributed by atoms with Gasteiger partial charge in [0.15, 0.2) is 0 Å². The number of halogens is 1. The number of benzene rings is 2. The van der Waals surface area contributed by atoms with Gasteiger partial charge in [0.05, 0.1) is 21.2 Å². The van der Waals surface area contributed by atoms with E-state index in [1.807, 2.05) is 24.3 Å². The molecule has 0 N–H and O–H groups in total. The molecule has 3 rings (SSSR count). The topological polar surface area (TPSA) is 57.7 Å². The van der Waals surface area contributed by atoms with Crippen molar-refractivity contribution in [1.29, 1.82) is 0 Å². The molecule has 0 atom stereocenters. The van der Waals surface area contributed by atoms with Gasteiger partial charge in [0.1, 0.15) is 0 Å². The zero-order valence-electron chi connectivity index (χ0n) is 14.5. The van der Waals surface area contributed by atoms with E-state index in [0.717, 1.165) is 27.1 Å². The SMILES string of the molecule is CN(C)S(=O)(=O)c1ccc(Cl)c(C(=O)N2CCCSc3ccccc32)c1. The number of hydrogen-bond donors (Lipinski definition) is 0. The van der Waals surface area contributed by atoms with Crippen molar-refractivity contribution >= 4 is 45.0 Å². The largest absolute Gasteiger partial charge is 0.307 e. The van der Waals surface area contributed by atoms with Crippen LogP contribution in [0.25, 0.3) is 0 Å². The molecule has 0 radical (unpaired) electrons. The fourth-order valence-electron chi connectivity index (χ4n) is 2.72. The van der Waals surface area contributed by atoms with Crippen LogP contribution in [0.2, 0.25) is 5.02 Å². The lowest BCUT2D eigenvalue weighted by Gasteiger charge is -2.23. The highest BCUT2D eigenvalue weighted by atomic mass is 35.5. The number of carbonyl (C=O) groups excluding carboxylic acids is 1. The first kappa shape index (κ1) is 19.2. The van der Waals surface area contributed by atoms with Crippen molar-refractivity contribution < 1.29 is 13.2 Å². The average Bonchev–Trinajstić information content (AvgIpc) is 2.83. The first-order valence-electron chi connectivity index (χ1n) is 8.08. The summed E-state index contributed by atoms with van der Waals surface area (Å²) in [5, 5.41) is 0.238. The van der Waals surface area contributed by atoms with Crippen LogP contribution < -0.4 is 4.90 Å². The monoisotopic (exact) mass is 410 g/mol. The molecule has 26 heavy (non-hydrogen) atoms. The van der Waals surface area contributed by atoms with Gasteiger partial charge in [0.25, 0.3) is 5.91 Å². The Morgan fingerprint density at radius 2 is 1.92 bits per heavy atom. The normalized spacial score (nSPS) is 14.8. The number of thioether (sulfide) groups is 1. The van der Waals surface area contributed by atoms with Gasteiger partial charge in [-0.25, -0.2) is 12.7 Å². The highest BCUT2D eigenvalue weighted by Gasteiger charge is 2.26. The van der Waals surface area contributed by atoms with Gasteiger partial charge in [0.2, 0.25) is 10.0 Å². The van der Waals surface area contributed by atoms with Gasteiger partial charge < -0.3 is 4.90 Å². The zero-order chi connectivity index (χ0) is 18.9. The molecule has 0 bridgehead atoms. The van der Waals surface area contributed by atoms with Crippen molar-refractivity contribution in [2.24, 2.45) is 0 Å². The summed E-state index contributed by atoms with van der Waals surface area (Å²) in [6, 6.07) is 12.0. The molecule has 2 aromatic rings. The molecule has 0 aliphatic carbocycles. The van der Waals surface area contributed by atoms with Crippen LogP contribution in [0, 0.1) is 0 Å². The van der Waals surface area contributed by atoms with Crippen molar-refractivity contribution in [2.45, 2.75) is 16.2 Å². The Labute approximate surface area is 163 Å². The summed E-state index contributed by atoms with van der Waals surface area (Å²) < 4.78 is 25.9. The number of para-hydroxylation sites is 1. The van der Waals surface area contributed by atoms with E-state index in [4.69, 9.17) is 11.6 Å². The smallest absolute Gasteiger partial charge is 0.259 e. The Balaban J connectivity index is 2.06. The molecule has 0 saturated heterocycles. The van der Waals surface area contributed by atoms with E-state index in [1.54, 1.807) is 16.7 Å². The summed E-state index contributed by atoms with van der Waals surface area (Å²) in [5.41, 5.74) is 1.02. The van der Waals surface area contributed by atoms with Gasteiger partial charge in [-0.1, -0.05) is 23.7 Å². The lowest BCUT2D eigenvalue weighted by atomic mass is 10.1.